The number of hydrogen-bond donors (Lipinski definition) is 1. The predicted octanol–water partition coefficient (Wildman–Crippen LogP) is 5.21. The Hall–Kier alpha value is -3.64. The first-order chi connectivity index (χ1) is 16.2. The Balaban J connectivity index is 1.40. The van der Waals surface area contributed by atoms with Gasteiger partial charge in [0, 0.05) is 25.4 Å². The molecular formula is C27H25N5S. The van der Waals surface area contributed by atoms with Crippen LogP contribution in [0.4, 0.5) is 0 Å². The number of aryl methyl sites for hydroxylation is 1. The van der Waals surface area contributed by atoms with E-state index in [-0.39, 0.29) is 6.04 Å². The summed E-state index contributed by atoms with van der Waals surface area (Å²) >= 11 is 5.81. The highest BCUT2D eigenvalue weighted by Gasteiger charge is 2.31. The van der Waals surface area contributed by atoms with Crippen LogP contribution in [0.5, 0.6) is 0 Å². The van der Waals surface area contributed by atoms with E-state index >= 15 is 0 Å². The third-order valence-corrected chi connectivity index (χ3v) is 6.25. The zero-order valence-corrected chi connectivity index (χ0v) is 19.3. The number of rotatable bonds is 5. The van der Waals surface area contributed by atoms with Crippen molar-refractivity contribution in [1.29, 1.82) is 0 Å². The van der Waals surface area contributed by atoms with Crippen molar-refractivity contribution < 1.29 is 0 Å². The average Bonchev–Trinajstić information content (AvgIpc) is 3.30. The van der Waals surface area contributed by atoms with Crippen LogP contribution in [0.3, 0.4) is 0 Å². The van der Waals surface area contributed by atoms with Crippen LogP contribution in [0, 0.1) is 6.92 Å². The molecule has 1 N–H and O–H groups in total. The maximum Gasteiger partial charge on any atom is 0.190 e. The van der Waals surface area contributed by atoms with E-state index in [1.54, 1.807) is 12.4 Å². The second-order valence-electron chi connectivity index (χ2n) is 8.25. The van der Waals surface area contributed by atoms with Crippen LogP contribution in [-0.2, 0) is 6.42 Å². The van der Waals surface area contributed by atoms with E-state index in [0.717, 1.165) is 47.3 Å². The zero-order valence-electron chi connectivity index (χ0n) is 18.5. The molecule has 1 atom stereocenters. The Morgan fingerprint density at radius 3 is 2.52 bits per heavy atom. The molecule has 5 rings (SSSR count). The molecule has 0 saturated carbocycles. The lowest BCUT2D eigenvalue weighted by Crippen LogP contribution is -2.37. The minimum absolute atomic E-state index is 0.00411. The van der Waals surface area contributed by atoms with Gasteiger partial charge in [-0.1, -0.05) is 66.2 Å². The Labute approximate surface area is 199 Å². The molecule has 33 heavy (non-hydrogen) atoms. The van der Waals surface area contributed by atoms with Crippen LogP contribution in [0.2, 0.25) is 0 Å². The highest BCUT2D eigenvalue weighted by Crippen LogP contribution is 2.33. The van der Waals surface area contributed by atoms with E-state index in [4.69, 9.17) is 17.3 Å². The maximum atomic E-state index is 5.81. The third-order valence-electron chi connectivity index (χ3n) is 5.91. The zero-order chi connectivity index (χ0) is 22.6. The minimum atomic E-state index is 0.00411. The summed E-state index contributed by atoms with van der Waals surface area (Å²) in [6.07, 6.45) is 5.12. The van der Waals surface area contributed by atoms with Gasteiger partial charge < -0.3 is 5.32 Å². The fraction of sp³-hybridized carbons (Fsp3) is 0.185. The summed E-state index contributed by atoms with van der Waals surface area (Å²) in [4.78, 5) is 8.89. The number of aromatic nitrogens is 2. The molecule has 0 aliphatic carbocycles. The molecule has 0 saturated heterocycles. The normalized spacial score (nSPS) is 15.5. The van der Waals surface area contributed by atoms with Gasteiger partial charge >= 0.3 is 0 Å². The Kier molecular flexibility index (Phi) is 6.09. The van der Waals surface area contributed by atoms with Gasteiger partial charge in [-0.25, -0.2) is 5.01 Å². The Morgan fingerprint density at radius 2 is 1.73 bits per heavy atom. The molecule has 3 aromatic carbocycles. The van der Waals surface area contributed by atoms with Crippen LogP contribution in [0.15, 0.2) is 90.3 Å². The second kappa shape index (κ2) is 9.46. The van der Waals surface area contributed by atoms with E-state index in [1.807, 2.05) is 17.1 Å². The van der Waals surface area contributed by atoms with Crippen molar-refractivity contribution in [3.8, 4) is 0 Å². The molecule has 164 valence electrons. The highest BCUT2D eigenvalue weighted by molar-refractivity contribution is 7.80. The average molecular weight is 452 g/mol. The van der Waals surface area contributed by atoms with E-state index in [0.29, 0.717) is 5.11 Å². The quantitative estimate of drug-likeness (QED) is 0.422. The van der Waals surface area contributed by atoms with Gasteiger partial charge in [0.15, 0.2) is 5.11 Å². The van der Waals surface area contributed by atoms with Crippen molar-refractivity contribution in [3.05, 3.63) is 107 Å². The summed E-state index contributed by atoms with van der Waals surface area (Å²) in [5.41, 5.74) is 7.56. The highest BCUT2D eigenvalue weighted by atomic mass is 32.1. The van der Waals surface area contributed by atoms with Crippen molar-refractivity contribution in [2.75, 3.05) is 6.54 Å². The molecule has 0 unspecified atom stereocenters. The van der Waals surface area contributed by atoms with Crippen molar-refractivity contribution in [2.24, 2.45) is 5.10 Å². The molecule has 1 aliphatic rings. The molecule has 0 amide bonds. The topological polar surface area (TPSA) is 53.4 Å². The number of benzene rings is 3. The molecule has 6 heteroatoms. The van der Waals surface area contributed by atoms with Gasteiger partial charge in [0.2, 0.25) is 0 Å². The number of hydrazone groups is 1. The summed E-state index contributed by atoms with van der Waals surface area (Å²) in [5, 5.41) is 11.0. The first-order valence-corrected chi connectivity index (χ1v) is 11.5. The van der Waals surface area contributed by atoms with Gasteiger partial charge in [0.1, 0.15) is 0 Å². The van der Waals surface area contributed by atoms with E-state index in [9.17, 15) is 0 Å². The van der Waals surface area contributed by atoms with E-state index in [2.05, 4.69) is 82.9 Å². The molecule has 1 aliphatic heterocycles. The lowest BCUT2D eigenvalue weighted by atomic mass is 9.97. The van der Waals surface area contributed by atoms with Gasteiger partial charge in [0.25, 0.3) is 0 Å². The van der Waals surface area contributed by atoms with Crippen molar-refractivity contribution in [3.63, 3.8) is 0 Å². The summed E-state index contributed by atoms with van der Waals surface area (Å²) in [6.45, 7) is 2.85. The number of nitrogens with zero attached hydrogens (tertiary/aromatic N) is 4. The molecule has 0 fully saturated rings. The van der Waals surface area contributed by atoms with Crippen LogP contribution in [0.1, 0.15) is 34.7 Å². The lowest BCUT2D eigenvalue weighted by Gasteiger charge is -2.25. The number of hydrogen-bond acceptors (Lipinski definition) is 4. The van der Waals surface area contributed by atoms with Crippen LogP contribution in [-0.4, -0.2) is 32.3 Å². The van der Waals surface area contributed by atoms with E-state index < -0.39 is 0 Å². The first kappa shape index (κ1) is 21.2. The van der Waals surface area contributed by atoms with Gasteiger partial charge in [-0.15, -0.1) is 0 Å². The van der Waals surface area contributed by atoms with Gasteiger partial charge in [-0.2, -0.15) is 5.10 Å². The fourth-order valence-corrected chi connectivity index (χ4v) is 4.37. The molecule has 2 heterocycles. The first-order valence-electron chi connectivity index (χ1n) is 11.1. The molecule has 4 aromatic rings. The summed E-state index contributed by atoms with van der Waals surface area (Å²) in [5.74, 6) is 0. The molecular weight excluding hydrogens is 426 g/mol. The summed E-state index contributed by atoms with van der Waals surface area (Å²) in [7, 11) is 0. The van der Waals surface area contributed by atoms with Gasteiger partial charge in [0.05, 0.1) is 22.8 Å². The molecule has 0 spiro atoms. The summed E-state index contributed by atoms with van der Waals surface area (Å²) in [6, 6.07) is 25.2. The van der Waals surface area contributed by atoms with Crippen molar-refractivity contribution in [1.82, 2.24) is 20.3 Å². The Bertz CT molecular complexity index is 1300. The van der Waals surface area contributed by atoms with E-state index in [1.165, 1.54) is 11.1 Å². The SMILES string of the molecule is Cc1ccc(C2=NN(C(=S)NCCc3ccccc3)[C@H](c3ccc4nccnc4c3)C2)cc1. The number of thiocarbonyl (C=S) groups is 1. The molecule has 1 aromatic heterocycles. The van der Waals surface area contributed by atoms with Crippen molar-refractivity contribution >= 4 is 34.1 Å². The largest absolute Gasteiger partial charge is 0.361 e. The lowest BCUT2D eigenvalue weighted by molar-refractivity contribution is 0.364. The van der Waals surface area contributed by atoms with Crippen LogP contribution in [0.25, 0.3) is 11.0 Å². The standard InChI is InChI=1S/C27H25N5S/c1-19-7-9-21(10-8-19)24-18-26(22-11-12-23-25(17-22)29-16-15-28-23)32(31-24)27(33)30-14-13-20-5-3-2-4-6-20/h2-12,15-17,26H,13-14,18H2,1H3,(H,30,33)/t26-/m0/s1. The molecule has 5 nitrogen and oxygen atoms in total. The monoisotopic (exact) mass is 451 g/mol. The second-order valence-corrected chi connectivity index (χ2v) is 8.64. The summed E-state index contributed by atoms with van der Waals surface area (Å²) < 4.78 is 0. The van der Waals surface area contributed by atoms with Crippen LogP contribution >= 0.6 is 12.2 Å². The minimum Gasteiger partial charge on any atom is -0.361 e. The molecule has 0 bridgehead atoms. The van der Waals surface area contributed by atoms with Crippen LogP contribution < -0.4 is 5.32 Å². The predicted molar refractivity (Wildman–Crippen MR) is 137 cm³/mol. The fourth-order valence-electron chi connectivity index (χ4n) is 4.10. The van der Waals surface area contributed by atoms with Gasteiger partial charge in [-0.3, -0.25) is 9.97 Å². The number of nitrogens with one attached hydrogen (secondary N) is 1. The maximum absolute atomic E-state index is 5.81. The smallest absolute Gasteiger partial charge is 0.190 e. The number of fused-ring (bicyclic) bond motifs is 1. The van der Waals surface area contributed by atoms with Gasteiger partial charge in [-0.05, 0) is 54.4 Å². The van der Waals surface area contributed by atoms with Crippen molar-refractivity contribution in [2.45, 2.75) is 25.8 Å². The molecule has 0 radical (unpaired) electrons. The third kappa shape index (κ3) is 4.76. The Morgan fingerprint density at radius 1 is 0.970 bits per heavy atom.